The summed E-state index contributed by atoms with van der Waals surface area (Å²) in [6.07, 6.45) is 1.69. The van der Waals surface area contributed by atoms with Gasteiger partial charge in [0.05, 0.1) is 11.7 Å². The highest BCUT2D eigenvalue weighted by Crippen LogP contribution is 2.26. The Bertz CT molecular complexity index is 689. The summed E-state index contributed by atoms with van der Waals surface area (Å²) in [5.41, 5.74) is 2.19. The monoisotopic (exact) mass is 349 g/mol. The summed E-state index contributed by atoms with van der Waals surface area (Å²) in [4.78, 5) is 29.5. The Morgan fingerprint density at radius 3 is 2.91 bits per heavy atom. The van der Waals surface area contributed by atoms with Crippen LogP contribution in [0, 0.1) is 13.8 Å². The van der Waals surface area contributed by atoms with Crippen LogP contribution in [0.2, 0.25) is 0 Å². The van der Waals surface area contributed by atoms with E-state index in [1.54, 1.807) is 22.7 Å². The number of amides is 2. The molecule has 2 atom stereocenters. The molecule has 1 aliphatic heterocycles. The molecule has 0 bridgehead atoms. The molecular formula is C16H19N3O2S2. The molecule has 5 nitrogen and oxygen atoms in total. The lowest BCUT2D eigenvalue weighted by Crippen LogP contribution is -2.43. The number of thiazole rings is 1. The van der Waals surface area contributed by atoms with Gasteiger partial charge in [-0.05, 0) is 42.7 Å². The summed E-state index contributed by atoms with van der Waals surface area (Å²) in [6, 6.07) is 1.48. The SMILES string of the molecule is Cc1nc([C@H](Cc2ccsc2)NC(=O)[C@H]2CCC(=O)N2)sc1C. The molecule has 1 fully saturated rings. The fourth-order valence-corrected chi connectivity index (χ4v) is 4.23. The van der Waals surface area contributed by atoms with E-state index in [0.717, 1.165) is 10.7 Å². The number of hydrogen-bond donors (Lipinski definition) is 2. The number of aromatic nitrogens is 1. The second-order valence-electron chi connectivity index (χ2n) is 5.75. The summed E-state index contributed by atoms with van der Waals surface area (Å²) in [5, 5.41) is 10.8. The maximum Gasteiger partial charge on any atom is 0.243 e. The van der Waals surface area contributed by atoms with Gasteiger partial charge in [0, 0.05) is 17.7 Å². The number of carbonyl (C=O) groups is 2. The van der Waals surface area contributed by atoms with Crippen molar-refractivity contribution in [3.63, 3.8) is 0 Å². The van der Waals surface area contributed by atoms with Crippen molar-refractivity contribution >= 4 is 34.5 Å². The van der Waals surface area contributed by atoms with Gasteiger partial charge in [-0.15, -0.1) is 11.3 Å². The van der Waals surface area contributed by atoms with Gasteiger partial charge in [0.25, 0.3) is 0 Å². The fourth-order valence-electron chi connectivity index (χ4n) is 2.57. The maximum absolute atomic E-state index is 12.4. The number of aryl methyl sites for hydroxylation is 2. The van der Waals surface area contributed by atoms with Crippen LogP contribution in [0.25, 0.3) is 0 Å². The van der Waals surface area contributed by atoms with Gasteiger partial charge in [0.2, 0.25) is 11.8 Å². The normalized spacial score (nSPS) is 18.7. The van der Waals surface area contributed by atoms with Gasteiger partial charge in [0.15, 0.2) is 0 Å². The van der Waals surface area contributed by atoms with Crippen molar-refractivity contribution < 1.29 is 9.59 Å². The van der Waals surface area contributed by atoms with Crippen LogP contribution in [0.5, 0.6) is 0 Å². The summed E-state index contributed by atoms with van der Waals surface area (Å²) in [7, 11) is 0. The van der Waals surface area contributed by atoms with Crippen LogP contribution in [0.4, 0.5) is 0 Å². The first-order chi connectivity index (χ1) is 11.0. The van der Waals surface area contributed by atoms with Crippen molar-refractivity contribution in [3.8, 4) is 0 Å². The van der Waals surface area contributed by atoms with Crippen molar-refractivity contribution in [1.82, 2.24) is 15.6 Å². The van der Waals surface area contributed by atoms with Crippen LogP contribution in [0.15, 0.2) is 16.8 Å². The van der Waals surface area contributed by atoms with Gasteiger partial charge < -0.3 is 10.6 Å². The van der Waals surface area contributed by atoms with Crippen LogP contribution >= 0.6 is 22.7 Å². The predicted octanol–water partition coefficient (Wildman–Crippen LogP) is 2.50. The largest absolute Gasteiger partial charge is 0.345 e. The molecule has 1 saturated heterocycles. The highest BCUT2D eigenvalue weighted by Gasteiger charge is 2.29. The van der Waals surface area contributed by atoms with E-state index in [1.165, 1.54) is 10.4 Å². The lowest BCUT2D eigenvalue weighted by atomic mass is 10.1. The van der Waals surface area contributed by atoms with Crippen LogP contribution < -0.4 is 10.6 Å². The number of hydrogen-bond acceptors (Lipinski definition) is 5. The molecule has 2 amide bonds. The zero-order valence-electron chi connectivity index (χ0n) is 13.1. The molecule has 7 heteroatoms. The summed E-state index contributed by atoms with van der Waals surface area (Å²) in [5.74, 6) is -0.179. The van der Waals surface area contributed by atoms with Crippen LogP contribution in [-0.2, 0) is 16.0 Å². The molecule has 0 aromatic carbocycles. The molecule has 0 radical (unpaired) electrons. The van der Waals surface area contributed by atoms with Gasteiger partial charge in [-0.25, -0.2) is 4.98 Å². The molecule has 0 spiro atoms. The van der Waals surface area contributed by atoms with E-state index in [2.05, 4.69) is 27.1 Å². The zero-order chi connectivity index (χ0) is 16.4. The van der Waals surface area contributed by atoms with Crippen LogP contribution in [0.3, 0.4) is 0 Å². The standard InChI is InChI=1S/C16H19N3O2S2/c1-9-10(2)23-16(17-9)13(7-11-5-6-22-8-11)19-15(21)12-3-4-14(20)18-12/h5-6,8,12-13H,3-4,7H2,1-2H3,(H,18,20)(H,19,21)/t12-,13+/m1/s1. The smallest absolute Gasteiger partial charge is 0.243 e. The van der Waals surface area contributed by atoms with E-state index in [0.29, 0.717) is 19.3 Å². The minimum absolute atomic E-state index is 0.0551. The Labute approximate surface area is 143 Å². The third-order valence-corrected chi connectivity index (χ3v) is 5.91. The van der Waals surface area contributed by atoms with Gasteiger partial charge >= 0.3 is 0 Å². The van der Waals surface area contributed by atoms with E-state index in [4.69, 9.17) is 0 Å². The van der Waals surface area contributed by atoms with Crippen molar-refractivity contribution in [2.75, 3.05) is 0 Å². The Morgan fingerprint density at radius 1 is 1.52 bits per heavy atom. The van der Waals surface area contributed by atoms with Gasteiger partial charge in [0.1, 0.15) is 11.0 Å². The van der Waals surface area contributed by atoms with Crippen LogP contribution in [-0.4, -0.2) is 22.8 Å². The molecule has 1 aliphatic rings. The number of carbonyl (C=O) groups excluding carboxylic acids is 2. The highest BCUT2D eigenvalue weighted by atomic mass is 32.1. The topological polar surface area (TPSA) is 71.1 Å². The second kappa shape index (κ2) is 6.80. The molecule has 0 aliphatic carbocycles. The number of nitrogens with zero attached hydrogens (tertiary/aromatic N) is 1. The number of nitrogens with one attached hydrogen (secondary N) is 2. The second-order valence-corrected chi connectivity index (χ2v) is 7.76. The quantitative estimate of drug-likeness (QED) is 0.871. The van der Waals surface area contributed by atoms with E-state index in [9.17, 15) is 9.59 Å². The molecule has 3 rings (SSSR count). The predicted molar refractivity (Wildman–Crippen MR) is 91.7 cm³/mol. The van der Waals surface area contributed by atoms with Gasteiger partial charge in [-0.2, -0.15) is 11.3 Å². The molecular weight excluding hydrogens is 330 g/mol. The molecule has 3 heterocycles. The first kappa shape index (κ1) is 16.1. The summed E-state index contributed by atoms with van der Waals surface area (Å²) < 4.78 is 0. The highest BCUT2D eigenvalue weighted by molar-refractivity contribution is 7.11. The molecule has 2 aromatic heterocycles. The molecule has 122 valence electrons. The minimum Gasteiger partial charge on any atom is -0.345 e. The van der Waals surface area contributed by atoms with Crippen LogP contribution in [0.1, 0.15) is 40.0 Å². The molecule has 2 N–H and O–H groups in total. The first-order valence-corrected chi connectivity index (χ1v) is 9.33. The van der Waals surface area contributed by atoms with Crippen molar-refractivity contribution in [1.29, 1.82) is 0 Å². The van der Waals surface area contributed by atoms with E-state index in [1.807, 2.05) is 19.2 Å². The number of thiophene rings is 1. The van der Waals surface area contributed by atoms with Gasteiger partial charge in [-0.3, -0.25) is 9.59 Å². The van der Waals surface area contributed by atoms with Gasteiger partial charge in [-0.1, -0.05) is 0 Å². The lowest BCUT2D eigenvalue weighted by Gasteiger charge is -2.19. The Kier molecular flexibility index (Phi) is 4.77. The number of rotatable bonds is 5. The average molecular weight is 349 g/mol. The zero-order valence-corrected chi connectivity index (χ0v) is 14.7. The van der Waals surface area contributed by atoms with E-state index in [-0.39, 0.29) is 17.9 Å². The molecule has 0 unspecified atom stereocenters. The first-order valence-electron chi connectivity index (χ1n) is 7.57. The Balaban J connectivity index is 1.77. The average Bonchev–Trinajstić information content (AvgIpc) is 3.22. The lowest BCUT2D eigenvalue weighted by molar-refractivity contribution is -0.126. The molecule has 2 aromatic rings. The summed E-state index contributed by atoms with van der Waals surface area (Å²) >= 11 is 3.26. The van der Waals surface area contributed by atoms with E-state index >= 15 is 0 Å². The van der Waals surface area contributed by atoms with E-state index < -0.39 is 6.04 Å². The van der Waals surface area contributed by atoms with Crippen molar-refractivity contribution in [3.05, 3.63) is 38.0 Å². The third-order valence-electron chi connectivity index (χ3n) is 3.99. The minimum atomic E-state index is -0.422. The maximum atomic E-state index is 12.4. The van der Waals surface area contributed by atoms with Crippen molar-refractivity contribution in [2.45, 2.75) is 45.2 Å². The van der Waals surface area contributed by atoms with Crippen molar-refractivity contribution in [2.24, 2.45) is 0 Å². The Morgan fingerprint density at radius 2 is 2.35 bits per heavy atom. The Hall–Kier alpha value is -1.73. The fraction of sp³-hybridized carbons (Fsp3) is 0.438. The summed E-state index contributed by atoms with van der Waals surface area (Å²) in [6.45, 7) is 4.02. The molecule has 23 heavy (non-hydrogen) atoms. The third kappa shape index (κ3) is 3.79. The molecule has 0 saturated carbocycles.